The second kappa shape index (κ2) is 6.05. The van der Waals surface area contributed by atoms with Gasteiger partial charge in [0.1, 0.15) is 24.0 Å². The van der Waals surface area contributed by atoms with Gasteiger partial charge in [0.15, 0.2) is 0 Å². The fourth-order valence-electron chi connectivity index (χ4n) is 1.73. The van der Waals surface area contributed by atoms with E-state index in [2.05, 4.69) is 15.9 Å². The van der Waals surface area contributed by atoms with Crippen LogP contribution in [-0.4, -0.2) is 5.84 Å². The van der Waals surface area contributed by atoms with E-state index in [1.807, 2.05) is 13.0 Å². The maximum atomic E-state index is 13.6. The van der Waals surface area contributed by atoms with E-state index in [1.165, 1.54) is 6.07 Å². The van der Waals surface area contributed by atoms with Crippen LogP contribution in [0.4, 0.5) is 4.39 Å². The minimum Gasteiger partial charge on any atom is -0.489 e. The zero-order valence-electron chi connectivity index (χ0n) is 10.9. The Morgan fingerprint density at radius 1 is 1.30 bits per heavy atom. The molecule has 0 amide bonds. The van der Waals surface area contributed by atoms with Crippen LogP contribution >= 0.6 is 15.9 Å². The molecule has 0 saturated carbocycles. The standard InChI is InChI=1S/C15H14BrFN2O/c1-9-2-3-10(15(18)19)7-14(9)20-8-11-6-12(16)4-5-13(11)17/h2-7H,8H2,1H3,(H3,18,19). The highest BCUT2D eigenvalue weighted by molar-refractivity contribution is 9.10. The molecule has 104 valence electrons. The van der Waals surface area contributed by atoms with E-state index >= 15 is 0 Å². The van der Waals surface area contributed by atoms with Gasteiger partial charge in [-0.2, -0.15) is 0 Å². The van der Waals surface area contributed by atoms with E-state index < -0.39 is 0 Å². The first-order valence-corrected chi connectivity index (χ1v) is 6.78. The highest BCUT2D eigenvalue weighted by atomic mass is 79.9. The molecule has 0 aliphatic rings. The molecule has 0 atom stereocenters. The fourth-order valence-corrected chi connectivity index (χ4v) is 2.14. The maximum Gasteiger partial charge on any atom is 0.129 e. The lowest BCUT2D eigenvalue weighted by Gasteiger charge is -2.11. The maximum absolute atomic E-state index is 13.6. The molecule has 0 fully saturated rings. The molecule has 2 rings (SSSR count). The Balaban J connectivity index is 2.20. The average Bonchev–Trinajstić information content (AvgIpc) is 2.41. The number of amidine groups is 1. The van der Waals surface area contributed by atoms with Crippen molar-refractivity contribution in [1.82, 2.24) is 0 Å². The van der Waals surface area contributed by atoms with Gasteiger partial charge in [-0.15, -0.1) is 0 Å². The molecule has 0 aliphatic heterocycles. The monoisotopic (exact) mass is 336 g/mol. The number of hydrogen-bond acceptors (Lipinski definition) is 2. The van der Waals surface area contributed by atoms with Gasteiger partial charge in [0.05, 0.1) is 0 Å². The molecule has 0 unspecified atom stereocenters. The van der Waals surface area contributed by atoms with Crippen LogP contribution < -0.4 is 10.5 Å². The molecular weight excluding hydrogens is 323 g/mol. The molecule has 0 heterocycles. The van der Waals surface area contributed by atoms with Crippen LogP contribution in [0.3, 0.4) is 0 Å². The van der Waals surface area contributed by atoms with Crippen LogP contribution in [0.2, 0.25) is 0 Å². The topological polar surface area (TPSA) is 59.1 Å². The highest BCUT2D eigenvalue weighted by Gasteiger charge is 2.07. The summed E-state index contributed by atoms with van der Waals surface area (Å²) in [5.41, 5.74) is 7.40. The quantitative estimate of drug-likeness (QED) is 0.659. The van der Waals surface area contributed by atoms with Crippen LogP contribution in [0, 0.1) is 18.2 Å². The number of nitrogen functional groups attached to an aromatic ring is 1. The number of ether oxygens (including phenoxy) is 1. The number of halogens is 2. The van der Waals surface area contributed by atoms with Crippen LogP contribution in [0.1, 0.15) is 16.7 Å². The van der Waals surface area contributed by atoms with E-state index in [9.17, 15) is 4.39 Å². The number of nitrogens with one attached hydrogen (secondary N) is 1. The van der Waals surface area contributed by atoms with Gasteiger partial charge in [0.2, 0.25) is 0 Å². The summed E-state index contributed by atoms with van der Waals surface area (Å²) in [4.78, 5) is 0. The first kappa shape index (κ1) is 14.5. The van der Waals surface area contributed by atoms with Crippen molar-refractivity contribution < 1.29 is 9.13 Å². The molecule has 0 aromatic heterocycles. The normalized spacial score (nSPS) is 10.3. The lowest BCUT2D eigenvalue weighted by atomic mass is 10.1. The summed E-state index contributed by atoms with van der Waals surface area (Å²) in [6.45, 7) is 2.00. The van der Waals surface area contributed by atoms with Gasteiger partial charge >= 0.3 is 0 Å². The molecule has 0 saturated heterocycles. The molecule has 2 aromatic carbocycles. The summed E-state index contributed by atoms with van der Waals surface area (Å²) in [7, 11) is 0. The molecule has 0 bridgehead atoms. The molecule has 0 radical (unpaired) electrons. The van der Waals surface area contributed by atoms with Crippen LogP contribution in [0.5, 0.6) is 5.75 Å². The Labute approximate surface area is 125 Å². The number of benzene rings is 2. The van der Waals surface area contributed by atoms with Gasteiger partial charge in [0, 0.05) is 15.6 Å². The van der Waals surface area contributed by atoms with E-state index in [1.54, 1.807) is 24.3 Å². The predicted molar refractivity (Wildman–Crippen MR) is 80.6 cm³/mol. The third-order valence-electron chi connectivity index (χ3n) is 2.89. The Morgan fingerprint density at radius 2 is 2.05 bits per heavy atom. The fraction of sp³-hybridized carbons (Fsp3) is 0.133. The second-order valence-electron chi connectivity index (χ2n) is 4.42. The predicted octanol–water partition coefficient (Wildman–Crippen LogP) is 3.76. The zero-order chi connectivity index (χ0) is 14.7. The third kappa shape index (κ3) is 3.36. The Morgan fingerprint density at radius 3 is 2.75 bits per heavy atom. The van der Waals surface area contributed by atoms with E-state index in [4.69, 9.17) is 15.9 Å². The summed E-state index contributed by atoms with van der Waals surface area (Å²) in [6.07, 6.45) is 0. The number of nitrogens with two attached hydrogens (primary N) is 1. The first-order chi connectivity index (χ1) is 9.47. The minimum atomic E-state index is -0.312. The lowest BCUT2D eigenvalue weighted by Crippen LogP contribution is -2.11. The van der Waals surface area contributed by atoms with Crippen molar-refractivity contribution in [1.29, 1.82) is 5.41 Å². The third-order valence-corrected chi connectivity index (χ3v) is 3.38. The van der Waals surface area contributed by atoms with Crippen molar-refractivity contribution >= 4 is 21.8 Å². The van der Waals surface area contributed by atoms with Crippen molar-refractivity contribution in [2.24, 2.45) is 5.73 Å². The smallest absolute Gasteiger partial charge is 0.129 e. The van der Waals surface area contributed by atoms with E-state index in [0.717, 1.165) is 10.0 Å². The van der Waals surface area contributed by atoms with Crippen molar-refractivity contribution in [3.63, 3.8) is 0 Å². The van der Waals surface area contributed by atoms with Crippen molar-refractivity contribution in [3.05, 3.63) is 63.4 Å². The summed E-state index contributed by atoms with van der Waals surface area (Å²) < 4.78 is 20.1. The molecule has 0 spiro atoms. The summed E-state index contributed by atoms with van der Waals surface area (Å²) in [5, 5.41) is 7.42. The van der Waals surface area contributed by atoms with Gasteiger partial charge in [0.25, 0.3) is 0 Å². The molecule has 20 heavy (non-hydrogen) atoms. The summed E-state index contributed by atoms with van der Waals surface area (Å²) >= 11 is 3.30. The van der Waals surface area contributed by atoms with Crippen LogP contribution in [0.15, 0.2) is 40.9 Å². The Hall–Kier alpha value is -1.88. The first-order valence-electron chi connectivity index (χ1n) is 5.99. The highest BCUT2D eigenvalue weighted by Crippen LogP contribution is 2.22. The Bertz CT molecular complexity index is 658. The summed E-state index contributed by atoms with van der Waals surface area (Å²) in [6, 6.07) is 9.97. The molecule has 2 aromatic rings. The molecule has 3 N–H and O–H groups in total. The zero-order valence-corrected chi connectivity index (χ0v) is 12.5. The SMILES string of the molecule is Cc1ccc(C(=N)N)cc1OCc1cc(Br)ccc1F. The van der Waals surface area contributed by atoms with Crippen LogP contribution in [-0.2, 0) is 6.61 Å². The van der Waals surface area contributed by atoms with Gasteiger partial charge in [-0.1, -0.05) is 28.1 Å². The molecule has 3 nitrogen and oxygen atoms in total. The molecular formula is C15H14BrFN2O. The van der Waals surface area contributed by atoms with Crippen LogP contribution in [0.25, 0.3) is 0 Å². The average molecular weight is 337 g/mol. The molecule has 0 aliphatic carbocycles. The lowest BCUT2D eigenvalue weighted by molar-refractivity contribution is 0.297. The molecule has 5 heteroatoms. The van der Waals surface area contributed by atoms with Gasteiger partial charge in [-0.3, -0.25) is 5.41 Å². The number of rotatable bonds is 4. The van der Waals surface area contributed by atoms with Gasteiger partial charge in [-0.25, -0.2) is 4.39 Å². The largest absolute Gasteiger partial charge is 0.489 e. The van der Waals surface area contributed by atoms with Crippen molar-refractivity contribution in [2.45, 2.75) is 13.5 Å². The van der Waals surface area contributed by atoms with Crippen molar-refractivity contribution in [2.75, 3.05) is 0 Å². The van der Waals surface area contributed by atoms with Crippen molar-refractivity contribution in [3.8, 4) is 5.75 Å². The summed E-state index contributed by atoms with van der Waals surface area (Å²) in [5.74, 6) is 0.258. The second-order valence-corrected chi connectivity index (χ2v) is 5.33. The number of hydrogen-bond donors (Lipinski definition) is 2. The Kier molecular flexibility index (Phi) is 4.39. The van der Waals surface area contributed by atoms with E-state index in [0.29, 0.717) is 16.9 Å². The number of aryl methyl sites for hydroxylation is 1. The minimum absolute atomic E-state index is 0.0245. The van der Waals surface area contributed by atoms with E-state index in [-0.39, 0.29) is 18.3 Å². The van der Waals surface area contributed by atoms with Gasteiger partial charge in [-0.05, 0) is 36.8 Å². The van der Waals surface area contributed by atoms with Gasteiger partial charge < -0.3 is 10.5 Å².